The maximum absolute atomic E-state index is 12.6. The quantitative estimate of drug-likeness (QED) is 0.225. The Hall–Kier alpha value is -4.19. The van der Waals surface area contributed by atoms with Crippen molar-refractivity contribution in [1.29, 1.82) is 0 Å². The summed E-state index contributed by atoms with van der Waals surface area (Å²) in [6, 6.07) is 1.33. The van der Waals surface area contributed by atoms with Crippen LogP contribution in [0.15, 0.2) is 24.4 Å². The number of alkyl halides is 3. The zero-order valence-electron chi connectivity index (χ0n) is 22.5. The summed E-state index contributed by atoms with van der Waals surface area (Å²) in [5, 5.41) is 15.5. The number of nitrogens with two attached hydrogens (primary N) is 1. The number of nitrogens with one attached hydrogen (secondary N) is 2. The zero-order valence-corrected chi connectivity index (χ0v) is 25.6. The van der Waals surface area contributed by atoms with Gasteiger partial charge in [0, 0.05) is 7.05 Å². The third-order valence-electron chi connectivity index (χ3n) is 4.89. The van der Waals surface area contributed by atoms with E-state index >= 15 is 0 Å². The minimum atomic E-state index is -4.63. The van der Waals surface area contributed by atoms with Crippen molar-refractivity contribution in [3.63, 3.8) is 0 Å². The van der Waals surface area contributed by atoms with Gasteiger partial charge in [-0.05, 0) is 12.1 Å². The van der Waals surface area contributed by atoms with E-state index in [4.69, 9.17) is 38.4 Å². The number of benzene rings is 1. The van der Waals surface area contributed by atoms with Crippen molar-refractivity contribution >= 4 is 66.9 Å². The van der Waals surface area contributed by atoms with Gasteiger partial charge in [-0.3, -0.25) is 15.4 Å². The Bertz CT molecular complexity index is 1740. The predicted octanol–water partition coefficient (Wildman–Crippen LogP) is 2.44. The highest BCUT2D eigenvalue weighted by Gasteiger charge is 2.33. The monoisotopic (exact) mass is 709 g/mol. The number of urea groups is 1. The molecule has 0 fully saturated rings. The fourth-order valence-corrected chi connectivity index (χ4v) is 5.35. The Morgan fingerprint density at radius 3 is 1.98 bits per heavy atom. The predicted molar refractivity (Wildman–Crippen MR) is 148 cm³/mol. The average Bonchev–Trinajstić information content (AvgIpc) is 3.27. The Morgan fingerprint density at radius 1 is 1.09 bits per heavy atom. The fourth-order valence-electron chi connectivity index (χ4n) is 2.76. The molecule has 0 atom stereocenters. The molecule has 0 saturated heterocycles. The minimum Gasteiger partial charge on any atom is -0.481 e. The number of rotatable bonds is 8. The first-order valence-corrected chi connectivity index (χ1v) is 15.0. The van der Waals surface area contributed by atoms with Crippen molar-refractivity contribution in [1.82, 2.24) is 28.2 Å². The van der Waals surface area contributed by atoms with Crippen LogP contribution in [0, 0.1) is 10.1 Å². The van der Waals surface area contributed by atoms with E-state index in [1.807, 2.05) is 5.32 Å². The first-order valence-electron chi connectivity index (χ1n) is 10.9. The molecule has 0 bridgehead atoms. The molecule has 18 nitrogen and oxygen atoms in total. The van der Waals surface area contributed by atoms with E-state index in [2.05, 4.69) is 15.1 Å². The highest BCUT2D eigenvalue weighted by atomic mass is 35.5. The van der Waals surface area contributed by atoms with Crippen molar-refractivity contribution in [2.24, 2.45) is 0 Å². The molecule has 0 saturated carbocycles. The van der Waals surface area contributed by atoms with Crippen LogP contribution in [0.3, 0.4) is 0 Å². The molecule has 0 spiro atoms. The first-order chi connectivity index (χ1) is 20.1. The minimum absolute atomic E-state index is 0.00654. The molecule has 4 N–H and O–H groups in total. The molecule has 2 heterocycles. The summed E-state index contributed by atoms with van der Waals surface area (Å²) in [4.78, 5) is 29.1. The summed E-state index contributed by atoms with van der Waals surface area (Å²) in [5.41, 5.74) is 3.78. The molecule has 3 aromatic rings. The number of nitrogens with zero attached hydrogens (tertiary/aromatic N) is 6. The second-order valence-electron chi connectivity index (χ2n) is 7.85. The number of sulfonamides is 1. The number of hydrogen-bond donors (Lipinski definition) is 3. The van der Waals surface area contributed by atoms with Gasteiger partial charge < -0.3 is 15.2 Å². The van der Waals surface area contributed by atoms with E-state index < -0.39 is 54.4 Å². The number of aromatic nitrogens is 4. The largest absolute Gasteiger partial charge is 0.481 e. The Labute approximate surface area is 256 Å². The van der Waals surface area contributed by atoms with Gasteiger partial charge in [-0.1, -0.05) is 26.9 Å². The van der Waals surface area contributed by atoms with Crippen molar-refractivity contribution in [3.8, 4) is 17.4 Å². The van der Waals surface area contributed by atoms with Crippen LogP contribution >= 0.6 is 23.2 Å². The summed E-state index contributed by atoms with van der Waals surface area (Å²) >= 11 is 11.5. The van der Waals surface area contributed by atoms with Gasteiger partial charge in [0.1, 0.15) is 11.9 Å². The molecule has 1 aromatic carbocycles. The van der Waals surface area contributed by atoms with Gasteiger partial charge in [-0.2, -0.15) is 36.7 Å². The number of anilines is 2. The molecule has 3 rings (SSSR count). The summed E-state index contributed by atoms with van der Waals surface area (Å²) in [6.45, 7) is 0. The average molecular weight is 710 g/mol. The van der Waals surface area contributed by atoms with Gasteiger partial charge in [0.05, 0.1) is 47.1 Å². The highest BCUT2D eigenvalue weighted by Crippen LogP contribution is 2.39. The van der Waals surface area contributed by atoms with Gasteiger partial charge in [0.15, 0.2) is 0 Å². The highest BCUT2D eigenvalue weighted by molar-refractivity contribution is 8.03. The molecule has 0 aliphatic heterocycles. The van der Waals surface area contributed by atoms with Crippen LogP contribution in [0.4, 0.5) is 35.4 Å². The van der Waals surface area contributed by atoms with Crippen LogP contribution in [0.1, 0.15) is 5.56 Å². The topological polar surface area (TPSA) is 244 Å². The van der Waals surface area contributed by atoms with E-state index in [0.29, 0.717) is 18.4 Å². The molecule has 44 heavy (non-hydrogen) atoms. The molecule has 25 heteroatoms. The zero-order chi connectivity index (χ0) is 33.8. The number of ether oxygens (including phenoxy) is 2. The Morgan fingerprint density at radius 2 is 1.59 bits per heavy atom. The van der Waals surface area contributed by atoms with Gasteiger partial charge in [-0.15, -0.1) is 0 Å². The number of amides is 2. The smallest absolute Gasteiger partial charge is 0.416 e. The normalized spacial score (nSPS) is 11.8. The molecular weight excluding hydrogens is 690 g/mol. The van der Waals surface area contributed by atoms with Gasteiger partial charge in [-0.25, -0.2) is 22.6 Å². The van der Waals surface area contributed by atoms with E-state index in [-0.39, 0.29) is 37.2 Å². The molecule has 2 aromatic heterocycles. The number of carbonyl (C=O) groups excluding carboxylic acids is 1. The number of carbonyl (C=O) groups is 1. The van der Waals surface area contributed by atoms with Crippen LogP contribution < -0.4 is 25.2 Å². The van der Waals surface area contributed by atoms with E-state index in [9.17, 15) is 44.9 Å². The number of hydrogen-bond acceptors (Lipinski definition) is 13. The van der Waals surface area contributed by atoms with Gasteiger partial charge in [0.2, 0.25) is 33.5 Å². The molecular formula is C19H20Cl2F3N9O9S2. The number of nitro groups is 1. The molecule has 0 radical (unpaired) electrons. The first kappa shape index (κ1) is 36.0. The molecule has 2 amide bonds. The maximum Gasteiger partial charge on any atom is 0.416 e. The lowest BCUT2D eigenvalue weighted by molar-refractivity contribution is -0.383. The number of nitrogen functional groups attached to an aromatic ring is 1. The van der Waals surface area contributed by atoms with Crippen LogP contribution in [-0.4, -0.2) is 78.8 Å². The summed E-state index contributed by atoms with van der Waals surface area (Å²) in [7, 11) is -5.27. The van der Waals surface area contributed by atoms with E-state index in [0.717, 1.165) is 17.9 Å². The van der Waals surface area contributed by atoms with Crippen molar-refractivity contribution in [2.75, 3.05) is 38.6 Å². The number of halogens is 5. The third kappa shape index (κ3) is 8.91. The Balaban J connectivity index is 0.000000308. The van der Waals surface area contributed by atoms with Gasteiger partial charge >= 0.3 is 28.1 Å². The lowest BCUT2D eigenvalue weighted by atomic mass is 10.2. The van der Waals surface area contributed by atoms with Crippen molar-refractivity contribution in [2.45, 2.75) is 6.18 Å². The standard InChI is InChI=1S/C10H5Cl2F3N4O2.C9H15N5O7S2/c11-5-1-4(10(13,14)15)2-6(12)8(5)18-9(16)7(3-17-18)19(20)21;1-14(22(4,16)17)23(18,19)13-9(15)12-8-10-6(20-2)5-7(11-8)21-3/h1-3H,16H2;5H,1-4H3,(H2,10,11,12,13,15). The SMILES string of the molecule is COc1cc(OC)nc(NC(=O)NS(=O)(=O)N(C)S(C)(=O)=O)n1.Nc1c([N+](=O)[O-])cnn1-c1c(Cl)cc(C(F)(F)F)cc1Cl. The van der Waals surface area contributed by atoms with E-state index in [1.54, 1.807) is 0 Å². The van der Waals surface area contributed by atoms with Crippen molar-refractivity contribution < 1.29 is 49.2 Å². The van der Waals surface area contributed by atoms with E-state index in [1.165, 1.54) is 25.0 Å². The summed E-state index contributed by atoms with van der Waals surface area (Å²) in [5.74, 6) is -0.592. The molecule has 0 aliphatic rings. The summed E-state index contributed by atoms with van der Waals surface area (Å²) in [6.07, 6.45) is -3.12. The van der Waals surface area contributed by atoms with Crippen molar-refractivity contribution in [3.05, 3.63) is 50.1 Å². The number of methoxy groups -OCH3 is 2. The van der Waals surface area contributed by atoms with Crippen LogP contribution in [-0.2, 0) is 26.4 Å². The molecule has 242 valence electrons. The molecule has 0 aliphatic carbocycles. The lowest BCUT2D eigenvalue weighted by Gasteiger charge is -2.15. The van der Waals surface area contributed by atoms with Crippen LogP contribution in [0.5, 0.6) is 11.8 Å². The van der Waals surface area contributed by atoms with Crippen LogP contribution in [0.25, 0.3) is 5.69 Å². The lowest BCUT2D eigenvalue weighted by Crippen LogP contribution is -2.45. The Kier molecular flexibility index (Phi) is 11.1. The second kappa shape index (κ2) is 13.6. The summed E-state index contributed by atoms with van der Waals surface area (Å²) < 4.78 is 95.7. The fraction of sp³-hybridized carbons (Fsp3) is 0.263. The maximum atomic E-state index is 12.6. The van der Waals surface area contributed by atoms with Gasteiger partial charge in [0.25, 0.3) is 0 Å². The third-order valence-corrected chi connectivity index (χ3v) is 8.92. The van der Waals surface area contributed by atoms with Crippen LogP contribution in [0.2, 0.25) is 10.0 Å². The second-order valence-corrected chi connectivity index (χ2v) is 12.6. The molecule has 0 unspecified atom stereocenters.